The molecule has 0 fully saturated rings. The van der Waals surface area contributed by atoms with Crippen molar-refractivity contribution in [3.8, 4) is 0 Å². The SMILES string of the molecule is CC1(C(=O)Nc2ccc(S(=O)(=O)NCCc3ccccc3)cc2)CC(=O)N=C2C=CC=CN21. The molecule has 0 aliphatic carbocycles. The predicted molar refractivity (Wildman–Crippen MR) is 126 cm³/mol. The minimum atomic E-state index is -3.68. The third-order valence-corrected chi connectivity index (χ3v) is 7.04. The van der Waals surface area contributed by atoms with Crippen LogP contribution in [0.4, 0.5) is 5.69 Å². The van der Waals surface area contributed by atoms with Gasteiger partial charge >= 0.3 is 0 Å². The van der Waals surface area contributed by atoms with Gasteiger partial charge in [-0.2, -0.15) is 4.99 Å². The quantitative estimate of drug-likeness (QED) is 0.655. The molecule has 0 bridgehead atoms. The smallest absolute Gasteiger partial charge is 0.250 e. The lowest BCUT2D eigenvalue weighted by Gasteiger charge is -2.41. The highest BCUT2D eigenvalue weighted by Gasteiger charge is 2.45. The third-order valence-electron chi connectivity index (χ3n) is 5.56. The first kappa shape index (κ1) is 22.6. The summed E-state index contributed by atoms with van der Waals surface area (Å²) >= 11 is 0. The second kappa shape index (κ2) is 9.13. The number of hydrogen-bond acceptors (Lipinski definition) is 5. The van der Waals surface area contributed by atoms with Gasteiger partial charge in [0.15, 0.2) is 0 Å². The van der Waals surface area contributed by atoms with Gasteiger partial charge in [-0.05, 0) is 55.3 Å². The monoisotopic (exact) mass is 464 g/mol. The lowest BCUT2D eigenvalue weighted by molar-refractivity contribution is -0.130. The zero-order valence-corrected chi connectivity index (χ0v) is 18.9. The van der Waals surface area contributed by atoms with Crippen molar-refractivity contribution in [3.05, 3.63) is 84.6 Å². The van der Waals surface area contributed by atoms with Crippen LogP contribution in [0.1, 0.15) is 18.9 Å². The second-order valence-corrected chi connectivity index (χ2v) is 9.76. The van der Waals surface area contributed by atoms with E-state index in [1.54, 1.807) is 36.3 Å². The van der Waals surface area contributed by atoms with Crippen LogP contribution in [0.2, 0.25) is 0 Å². The number of benzene rings is 2. The molecule has 2 aliphatic heterocycles. The molecule has 2 heterocycles. The Morgan fingerprint density at radius 1 is 1.09 bits per heavy atom. The van der Waals surface area contributed by atoms with Crippen molar-refractivity contribution in [1.29, 1.82) is 0 Å². The molecular weight excluding hydrogens is 440 g/mol. The topological polar surface area (TPSA) is 108 Å². The standard InChI is InChI=1S/C24H24N4O4S/c1-24(17-22(29)27-21-9-5-6-16-28(21)24)23(30)26-19-10-12-20(13-11-19)33(31,32)25-15-14-18-7-3-2-4-8-18/h2-13,16,25H,14-15,17H2,1H3,(H,26,30). The molecule has 8 nitrogen and oxygen atoms in total. The number of nitrogens with zero attached hydrogens (tertiary/aromatic N) is 2. The van der Waals surface area contributed by atoms with E-state index in [-0.39, 0.29) is 29.7 Å². The lowest BCUT2D eigenvalue weighted by atomic mass is 9.91. The van der Waals surface area contributed by atoms with Gasteiger partial charge in [-0.25, -0.2) is 13.1 Å². The van der Waals surface area contributed by atoms with Crippen LogP contribution in [0, 0.1) is 0 Å². The summed E-state index contributed by atoms with van der Waals surface area (Å²) in [6.07, 6.45) is 7.41. The van der Waals surface area contributed by atoms with Gasteiger partial charge in [0.25, 0.3) is 11.8 Å². The molecule has 2 aromatic carbocycles. The van der Waals surface area contributed by atoms with Gasteiger partial charge in [0, 0.05) is 18.4 Å². The van der Waals surface area contributed by atoms with Crippen LogP contribution in [-0.2, 0) is 26.0 Å². The van der Waals surface area contributed by atoms with Crippen LogP contribution < -0.4 is 10.0 Å². The second-order valence-electron chi connectivity index (χ2n) is 8.00. The highest BCUT2D eigenvalue weighted by molar-refractivity contribution is 7.89. The molecule has 2 aliphatic rings. The summed E-state index contributed by atoms with van der Waals surface area (Å²) in [5.74, 6) is -0.351. The van der Waals surface area contributed by atoms with Crippen molar-refractivity contribution in [1.82, 2.24) is 9.62 Å². The van der Waals surface area contributed by atoms with E-state index in [4.69, 9.17) is 0 Å². The fourth-order valence-electron chi connectivity index (χ4n) is 3.72. The van der Waals surface area contributed by atoms with Gasteiger partial charge in [-0.3, -0.25) is 9.59 Å². The minimum absolute atomic E-state index is 0.0711. The Kier molecular flexibility index (Phi) is 6.26. The number of amides is 2. The van der Waals surface area contributed by atoms with Gasteiger partial charge in [0.2, 0.25) is 10.0 Å². The number of carbonyl (C=O) groups is 2. The van der Waals surface area contributed by atoms with E-state index in [9.17, 15) is 18.0 Å². The Morgan fingerprint density at radius 3 is 2.55 bits per heavy atom. The Labute approximate surface area is 192 Å². The van der Waals surface area contributed by atoms with Crippen molar-refractivity contribution in [2.24, 2.45) is 4.99 Å². The maximum Gasteiger partial charge on any atom is 0.250 e. The number of nitrogens with one attached hydrogen (secondary N) is 2. The fraction of sp³-hybridized carbons (Fsp3) is 0.208. The zero-order valence-electron chi connectivity index (χ0n) is 18.1. The first-order valence-corrected chi connectivity index (χ1v) is 12.0. The maximum absolute atomic E-state index is 13.1. The number of fused-ring (bicyclic) bond motifs is 1. The van der Waals surface area contributed by atoms with Gasteiger partial charge in [-0.1, -0.05) is 36.4 Å². The van der Waals surface area contributed by atoms with Crippen LogP contribution in [-0.4, -0.2) is 43.1 Å². The highest BCUT2D eigenvalue weighted by atomic mass is 32.2. The first-order chi connectivity index (χ1) is 15.8. The van der Waals surface area contributed by atoms with Crippen molar-refractivity contribution in [2.75, 3.05) is 11.9 Å². The molecule has 9 heteroatoms. The molecule has 0 radical (unpaired) electrons. The highest BCUT2D eigenvalue weighted by Crippen LogP contribution is 2.29. The van der Waals surface area contributed by atoms with E-state index >= 15 is 0 Å². The van der Waals surface area contributed by atoms with Gasteiger partial charge < -0.3 is 10.2 Å². The summed E-state index contributed by atoms with van der Waals surface area (Å²) in [5, 5.41) is 2.79. The number of carbonyl (C=O) groups excluding carboxylic acids is 2. The molecular formula is C24H24N4O4S. The number of sulfonamides is 1. The summed E-state index contributed by atoms with van der Waals surface area (Å²) in [6, 6.07) is 15.5. The molecule has 4 rings (SSSR count). The number of hydrogen-bond donors (Lipinski definition) is 2. The molecule has 0 aromatic heterocycles. The van der Waals surface area contributed by atoms with Crippen LogP contribution >= 0.6 is 0 Å². The van der Waals surface area contributed by atoms with E-state index in [0.29, 0.717) is 17.9 Å². The van der Waals surface area contributed by atoms with E-state index in [1.165, 1.54) is 24.3 Å². The normalized spacial score (nSPS) is 19.7. The zero-order chi connectivity index (χ0) is 23.5. The van der Waals surface area contributed by atoms with Crippen LogP contribution in [0.3, 0.4) is 0 Å². The van der Waals surface area contributed by atoms with Crippen LogP contribution in [0.5, 0.6) is 0 Å². The molecule has 1 atom stereocenters. The minimum Gasteiger partial charge on any atom is -0.324 e. The van der Waals surface area contributed by atoms with Crippen LogP contribution in [0.25, 0.3) is 0 Å². The van der Waals surface area contributed by atoms with E-state index in [2.05, 4.69) is 15.0 Å². The average molecular weight is 465 g/mol. The molecule has 33 heavy (non-hydrogen) atoms. The summed E-state index contributed by atoms with van der Waals surface area (Å²) in [6.45, 7) is 1.95. The molecule has 2 aromatic rings. The molecule has 170 valence electrons. The molecule has 2 amide bonds. The molecule has 1 unspecified atom stereocenters. The Balaban J connectivity index is 1.41. The maximum atomic E-state index is 13.1. The number of allylic oxidation sites excluding steroid dienone is 2. The number of anilines is 1. The first-order valence-electron chi connectivity index (χ1n) is 10.5. The van der Waals surface area contributed by atoms with E-state index < -0.39 is 15.6 Å². The Bertz CT molecular complexity index is 1250. The van der Waals surface area contributed by atoms with Gasteiger partial charge in [-0.15, -0.1) is 0 Å². The van der Waals surface area contributed by atoms with Crippen molar-refractivity contribution in [2.45, 2.75) is 30.2 Å². The summed E-state index contributed by atoms with van der Waals surface area (Å²) in [7, 11) is -3.68. The van der Waals surface area contributed by atoms with Crippen LogP contribution in [0.15, 0.2) is 88.9 Å². The summed E-state index contributed by atoms with van der Waals surface area (Å²) < 4.78 is 27.7. The molecule has 0 saturated carbocycles. The lowest BCUT2D eigenvalue weighted by Crippen LogP contribution is -2.58. The number of rotatable bonds is 7. The van der Waals surface area contributed by atoms with E-state index in [0.717, 1.165) is 5.56 Å². The molecule has 2 N–H and O–H groups in total. The number of amidine groups is 1. The average Bonchev–Trinajstić information content (AvgIpc) is 2.80. The predicted octanol–water partition coefficient (Wildman–Crippen LogP) is 2.62. The summed E-state index contributed by atoms with van der Waals surface area (Å²) in [4.78, 5) is 30.9. The largest absolute Gasteiger partial charge is 0.324 e. The van der Waals surface area contributed by atoms with E-state index in [1.807, 2.05) is 30.3 Å². The van der Waals surface area contributed by atoms with Crippen molar-refractivity contribution in [3.63, 3.8) is 0 Å². The molecule has 0 saturated heterocycles. The fourth-order valence-corrected chi connectivity index (χ4v) is 4.75. The summed E-state index contributed by atoms with van der Waals surface area (Å²) in [5.41, 5.74) is 0.316. The number of aliphatic imine (C=N–C) groups is 1. The third kappa shape index (κ3) is 4.94. The Hall–Kier alpha value is -3.56. The Morgan fingerprint density at radius 2 is 1.82 bits per heavy atom. The molecule has 0 spiro atoms. The van der Waals surface area contributed by atoms with Gasteiger partial charge in [0.1, 0.15) is 11.4 Å². The van der Waals surface area contributed by atoms with Crippen molar-refractivity contribution >= 4 is 33.4 Å². The van der Waals surface area contributed by atoms with Gasteiger partial charge in [0.05, 0.1) is 11.3 Å². The van der Waals surface area contributed by atoms with Crippen molar-refractivity contribution < 1.29 is 18.0 Å².